The van der Waals surface area contributed by atoms with Gasteiger partial charge in [0.25, 0.3) is 5.91 Å². The molecule has 0 bridgehead atoms. The molecule has 0 aliphatic carbocycles. The van der Waals surface area contributed by atoms with Gasteiger partial charge in [-0.15, -0.1) is 0 Å². The summed E-state index contributed by atoms with van der Waals surface area (Å²) in [5.41, 5.74) is -0.132. The summed E-state index contributed by atoms with van der Waals surface area (Å²) >= 11 is 0. The summed E-state index contributed by atoms with van der Waals surface area (Å²) in [6.45, 7) is 3.99. The molecule has 1 aromatic heterocycles. The lowest BCUT2D eigenvalue weighted by molar-refractivity contribution is -0.134. The van der Waals surface area contributed by atoms with Crippen LogP contribution in [0.4, 0.5) is 4.79 Å². The zero-order chi connectivity index (χ0) is 17.9. The van der Waals surface area contributed by atoms with Crippen molar-refractivity contribution in [2.24, 2.45) is 5.92 Å². The quantitative estimate of drug-likeness (QED) is 0.766. The molecule has 0 spiro atoms. The minimum absolute atomic E-state index is 0.115. The van der Waals surface area contributed by atoms with Crippen LogP contribution in [-0.2, 0) is 11.3 Å². The van der Waals surface area contributed by atoms with Gasteiger partial charge >= 0.3 is 6.03 Å². The van der Waals surface area contributed by atoms with Gasteiger partial charge in [0.15, 0.2) is 0 Å². The fourth-order valence-electron chi connectivity index (χ4n) is 3.98. The van der Waals surface area contributed by atoms with Crippen molar-refractivity contribution in [2.75, 3.05) is 20.2 Å². The van der Waals surface area contributed by atoms with Crippen molar-refractivity contribution in [3.8, 4) is 5.75 Å². The van der Waals surface area contributed by atoms with E-state index in [0.717, 1.165) is 32.4 Å². The number of imide groups is 1. The van der Waals surface area contributed by atoms with Crippen LogP contribution in [0.5, 0.6) is 5.75 Å². The number of aromatic nitrogens is 1. The van der Waals surface area contributed by atoms with Crippen molar-refractivity contribution in [2.45, 2.75) is 44.7 Å². The third-order valence-corrected chi connectivity index (χ3v) is 5.23. The molecule has 2 N–H and O–H groups in total. The lowest BCUT2D eigenvalue weighted by Gasteiger charge is -2.37. The molecule has 0 aromatic carbocycles. The maximum atomic E-state index is 13.2. The number of urea groups is 1. The standard InChI is InChI=1S/C18H26N4O3/c1-3-7-18(13-4-8-19-9-5-13)16(23)22(17(24)21-18)12-14-11-15(25-2)6-10-20-14/h6,10-11,13,19H,3-5,7-9,12H2,1-2H3,(H,21,24)/t18-/m0/s1. The van der Waals surface area contributed by atoms with E-state index >= 15 is 0 Å². The van der Waals surface area contributed by atoms with Gasteiger partial charge in [-0.25, -0.2) is 4.79 Å². The summed E-state index contributed by atoms with van der Waals surface area (Å²) in [5, 5.41) is 6.36. The molecule has 136 valence electrons. The molecule has 0 unspecified atom stereocenters. The summed E-state index contributed by atoms with van der Waals surface area (Å²) in [7, 11) is 1.58. The molecule has 0 radical (unpaired) electrons. The first-order valence-corrected chi connectivity index (χ1v) is 8.94. The average Bonchev–Trinajstić information content (AvgIpc) is 2.88. The van der Waals surface area contributed by atoms with Gasteiger partial charge in [0.2, 0.25) is 0 Å². The minimum atomic E-state index is -0.771. The van der Waals surface area contributed by atoms with Crippen molar-refractivity contribution in [1.82, 2.24) is 20.5 Å². The summed E-state index contributed by atoms with van der Waals surface area (Å²) < 4.78 is 5.20. The number of ether oxygens (including phenoxy) is 1. The fourth-order valence-corrected chi connectivity index (χ4v) is 3.98. The van der Waals surface area contributed by atoms with Gasteiger partial charge in [-0.05, 0) is 44.3 Å². The highest BCUT2D eigenvalue weighted by Gasteiger charge is 2.54. The maximum Gasteiger partial charge on any atom is 0.325 e. The third-order valence-electron chi connectivity index (χ3n) is 5.23. The van der Waals surface area contributed by atoms with Crippen LogP contribution >= 0.6 is 0 Å². The summed E-state index contributed by atoms with van der Waals surface area (Å²) in [4.78, 5) is 31.4. The Balaban J connectivity index is 1.83. The largest absolute Gasteiger partial charge is 0.497 e. The van der Waals surface area contributed by atoms with Crippen molar-refractivity contribution < 1.29 is 14.3 Å². The summed E-state index contributed by atoms with van der Waals surface area (Å²) in [6.07, 6.45) is 4.94. The lowest BCUT2D eigenvalue weighted by atomic mass is 9.75. The Labute approximate surface area is 148 Å². The van der Waals surface area contributed by atoms with Gasteiger partial charge in [0, 0.05) is 12.3 Å². The number of hydrogen-bond acceptors (Lipinski definition) is 5. The van der Waals surface area contributed by atoms with Gasteiger partial charge in [0.05, 0.1) is 19.3 Å². The van der Waals surface area contributed by atoms with Gasteiger partial charge in [-0.2, -0.15) is 0 Å². The van der Waals surface area contributed by atoms with E-state index in [4.69, 9.17) is 4.74 Å². The second-order valence-corrected chi connectivity index (χ2v) is 6.75. The number of hydrogen-bond donors (Lipinski definition) is 2. The SMILES string of the molecule is CCC[C@@]1(C2CCNCC2)NC(=O)N(Cc2cc(OC)ccn2)C1=O. The van der Waals surface area contributed by atoms with Crippen LogP contribution in [0.25, 0.3) is 0 Å². The molecular formula is C18H26N4O3. The zero-order valence-electron chi connectivity index (χ0n) is 14.9. The molecular weight excluding hydrogens is 320 g/mol. The van der Waals surface area contributed by atoms with Crippen molar-refractivity contribution in [1.29, 1.82) is 0 Å². The molecule has 3 heterocycles. The predicted molar refractivity (Wildman–Crippen MR) is 93.1 cm³/mol. The molecule has 3 rings (SSSR count). The van der Waals surface area contributed by atoms with Gasteiger partial charge in [0.1, 0.15) is 11.3 Å². The Hall–Kier alpha value is -2.15. The molecule has 3 amide bonds. The molecule has 2 aliphatic heterocycles. The van der Waals surface area contributed by atoms with Crippen LogP contribution in [0.15, 0.2) is 18.3 Å². The fraction of sp³-hybridized carbons (Fsp3) is 0.611. The van der Waals surface area contributed by atoms with Crippen LogP contribution in [0.1, 0.15) is 38.3 Å². The Morgan fingerprint density at radius 3 is 2.80 bits per heavy atom. The number of methoxy groups -OCH3 is 1. The van der Waals surface area contributed by atoms with E-state index in [1.54, 1.807) is 25.4 Å². The number of piperidine rings is 1. The van der Waals surface area contributed by atoms with Gasteiger partial charge in [-0.3, -0.25) is 14.7 Å². The predicted octanol–water partition coefficient (Wildman–Crippen LogP) is 1.68. The smallest absolute Gasteiger partial charge is 0.325 e. The first kappa shape index (κ1) is 17.7. The van der Waals surface area contributed by atoms with Crippen LogP contribution in [0.2, 0.25) is 0 Å². The molecule has 2 saturated heterocycles. The monoisotopic (exact) mass is 346 g/mol. The first-order valence-electron chi connectivity index (χ1n) is 8.94. The van der Waals surface area contributed by atoms with Crippen molar-refractivity contribution >= 4 is 11.9 Å². The average molecular weight is 346 g/mol. The zero-order valence-corrected chi connectivity index (χ0v) is 14.9. The maximum absolute atomic E-state index is 13.2. The Bertz CT molecular complexity index is 645. The van der Waals surface area contributed by atoms with Crippen LogP contribution in [0, 0.1) is 5.92 Å². The second kappa shape index (κ2) is 7.39. The molecule has 1 atom stereocenters. The Morgan fingerprint density at radius 1 is 1.36 bits per heavy atom. The highest BCUT2D eigenvalue weighted by Crippen LogP contribution is 2.36. The normalized spacial score (nSPS) is 24.5. The van der Waals surface area contributed by atoms with Gasteiger partial charge < -0.3 is 15.4 Å². The highest BCUT2D eigenvalue weighted by molar-refractivity contribution is 6.07. The van der Waals surface area contributed by atoms with Crippen LogP contribution in [0.3, 0.4) is 0 Å². The Kier molecular flexibility index (Phi) is 5.22. The third kappa shape index (κ3) is 3.33. The van der Waals surface area contributed by atoms with E-state index in [1.165, 1.54) is 4.90 Å². The summed E-state index contributed by atoms with van der Waals surface area (Å²) in [6, 6.07) is 3.18. The summed E-state index contributed by atoms with van der Waals surface area (Å²) in [5.74, 6) is 0.722. The minimum Gasteiger partial charge on any atom is -0.497 e. The topological polar surface area (TPSA) is 83.6 Å². The van der Waals surface area contributed by atoms with E-state index in [2.05, 4.69) is 22.5 Å². The number of nitrogens with one attached hydrogen (secondary N) is 2. The molecule has 2 aliphatic rings. The molecule has 2 fully saturated rings. The number of carbonyl (C=O) groups is 2. The number of pyridine rings is 1. The Morgan fingerprint density at radius 2 is 2.12 bits per heavy atom. The van der Waals surface area contributed by atoms with E-state index in [1.807, 2.05) is 0 Å². The van der Waals surface area contributed by atoms with Gasteiger partial charge in [-0.1, -0.05) is 13.3 Å². The number of rotatable bonds is 6. The van der Waals surface area contributed by atoms with E-state index in [9.17, 15) is 9.59 Å². The molecule has 7 nitrogen and oxygen atoms in total. The molecule has 7 heteroatoms. The number of carbonyl (C=O) groups excluding carboxylic acids is 2. The highest BCUT2D eigenvalue weighted by atomic mass is 16.5. The van der Waals surface area contributed by atoms with E-state index < -0.39 is 5.54 Å². The van der Waals surface area contributed by atoms with E-state index in [0.29, 0.717) is 17.9 Å². The first-order chi connectivity index (χ1) is 12.1. The van der Waals surface area contributed by atoms with Crippen molar-refractivity contribution in [3.05, 3.63) is 24.0 Å². The van der Waals surface area contributed by atoms with Crippen LogP contribution in [-0.4, -0.2) is 47.6 Å². The second-order valence-electron chi connectivity index (χ2n) is 6.75. The molecule has 1 aromatic rings. The van der Waals surface area contributed by atoms with Crippen LogP contribution < -0.4 is 15.4 Å². The lowest BCUT2D eigenvalue weighted by Crippen LogP contribution is -2.55. The van der Waals surface area contributed by atoms with E-state index in [-0.39, 0.29) is 24.4 Å². The molecule has 25 heavy (non-hydrogen) atoms. The number of amides is 3. The number of nitrogens with zero attached hydrogens (tertiary/aromatic N) is 2. The molecule has 0 saturated carbocycles. The van der Waals surface area contributed by atoms with Crippen molar-refractivity contribution in [3.63, 3.8) is 0 Å².